The Hall–Kier alpha value is -1.38. The average molecular weight is 292 g/mol. The first-order valence-corrected chi connectivity index (χ1v) is 7.31. The Kier molecular flexibility index (Phi) is 5.16. The monoisotopic (exact) mass is 291 g/mol. The van der Waals surface area contributed by atoms with Crippen molar-refractivity contribution in [2.24, 2.45) is 0 Å². The molecular weight excluding hydrogens is 273 g/mol. The van der Waals surface area contributed by atoms with Crippen molar-refractivity contribution >= 4 is 11.6 Å². The highest BCUT2D eigenvalue weighted by Gasteiger charge is 2.18. The van der Waals surface area contributed by atoms with Crippen LogP contribution in [0.3, 0.4) is 0 Å². The first-order valence-electron chi connectivity index (χ1n) is 6.93. The van der Waals surface area contributed by atoms with Gasteiger partial charge in [-0.1, -0.05) is 61.8 Å². The van der Waals surface area contributed by atoms with Crippen LogP contribution < -0.4 is 5.32 Å². The fourth-order valence-corrected chi connectivity index (χ4v) is 2.58. The molecule has 0 bridgehead atoms. The average Bonchev–Trinajstić information content (AvgIpc) is 2.48. The minimum Gasteiger partial charge on any atom is -0.306 e. The molecule has 0 saturated carbocycles. The molecule has 20 heavy (non-hydrogen) atoms. The molecule has 0 heterocycles. The Morgan fingerprint density at radius 1 is 1.15 bits per heavy atom. The molecule has 0 aliphatic carbocycles. The Bertz CT molecular complexity index is 583. The molecule has 106 valence electrons. The molecule has 0 saturated heterocycles. The van der Waals surface area contributed by atoms with Gasteiger partial charge in [-0.15, -0.1) is 0 Å². The van der Waals surface area contributed by atoms with Crippen LogP contribution in [-0.4, -0.2) is 6.54 Å². The summed E-state index contributed by atoms with van der Waals surface area (Å²) >= 11 is 6.13. The predicted octanol–water partition coefficient (Wildman–Crippen LogP) is 4.74. The molecule has 3 heteroatoms. The van der Waals surface area contributed by atoms with Gasteiger partial charge in [-0.3, -0.25) is 0 Å². The SMILES string of the molecule is CCNC(c1cccc(CC)c1)c1cccc(F)c1Cl. The maximum atomic E-state index is 13.7. The molecule has 2 aromatic rings. The maximum absolute atomic E-state index is 13.7. The molecule has 2 aromatic carbocycles. The summed E-state index contributed by atoms with van der Waals surface area (Å²) < 4.78 is 13.7. The summed E-state index contributed by atoms with van der Waals surface area (Å²) in [5.41, 5.74) is 3.15. The van der Waals surface area contributed by atoms with Gasteiger partial charge >= 0.3 is 0 Å². The highest BCUT2D eigenvalue weighted by atomic mass is 35.5. The molecule has 1 N–H and O–H groups in total. The fraction of sp³-hybridized carbons (Fsp3) is 0.294. The quantitative estimate of drug-likeness (QED) is 0.839. The van der Waals surface area contributed by atoms with Gasteiger partial charge in [0.25, 0.3) is 0 Å². The zero-order valence-electron chi connectivity index (χ0n) is 11.8. The van der Waals surface area contributed by atoms with Gasteiger partial charge in [0.15, 0.2) is 0 Å². The summed E-state index contributed by atoms with van der Waals surface area (Å²) in [6, 6.07) is 13.2. The normalized spacial score (nSPS) is 12.4. The Labute approximate surface area is 124 Å². The molecule has 0 amide bonds. The van der Waals surface area contributed by atoms with Crippen molar-refractivity contribution in [2.75, 3.05) is 6.54 Å². The number of halogens is 2. The molecular formula is C17H19ClFN. The van der Waals surface area contributed by atoms with E-state index in [-0.39, 0.29) is 16.9 Å². The molecule has 1 atom stereocenters. The van der Waals surface area contributed by atoms with E-state index in [0.29, 0.717) is 0 Å². The van der Waals surface area contributed by atoms with Gasteiger partial charge in [0, 0.05) is 0 Å². The second kappa shape index (κ2) is 6.87. The van der Waals surface area contributed by atoms with Gasteiger partial charge in [0.05, 0.1) is 11.1 Å². The van der Waals surface area contributed by atoms with Crippen LogP contribution in [-0.2, 0) is 6.42 Å². The van der Waals surface area contributed by atoms with Crippen LogP contribution in [0.1, 0.15) is 36.6 Å². The summed E-state index contributed by atoms with van der Waals surface area (Å²) in [6.45, 7) is 4.94. The van der Waals surface area contributed by atoms with Gasteiger partial charge < -0.3 is 5.32 Å². The molecule has 0 spiro atoms. The summed E-state index contributed by atoms with van der Waals surface area (Å²) in [6.07, 6.45) is 0.976. The minimum absolute atomic E-state index is 0.0882. The largest absolute Gasteiger partial charge is 0.306 e. The van der Waals surface area contributed by atoms with Crippen LogP contribution in [0.5, 0.6) is 0 Å². The second-order valence-corrected chi connectivity index (χ2v) is 5.11. The molecule has 2 rings (SSSR count). The first kappa shape index (κ1) is 15.0. The first-order chi connectivity index (χ1) is 9.67. The highest BCUT2D eigenvalue weighted by Crippen LogP contribution is 2.30. The van der Waals surface area contributed by atoms with Crippen molar-refractivity contribution in [3.05, 3.63) is 70.0 Å². The van der Waals surface area contributed by atoms with Crippen LogP contribution in [0.15, 0.2) is 42.5 Å². The van der Waals surface area contributed by atoms with Crippen molar-refractivity contribution in [3.63, 3.8) is 0 Å². The highest BCUT2D eigenvalue weighted by molar-refractivity contribution is 6.31. The molecule has 0 aliphatic heterocycles. The summed E-state index contributed by atoms with van der Waals surface area (Å²) in [5.74, 6) is -0.376. The van der Waals surface area contributed by atoms with E-state index in [1.54, 1.807) is 6.07 Å². The van der Waals surface area contributed by atoms with E-state index in [9.17, 15) is 4.39 Å². The van der Waals surface area contributed by atoms with E-state index in [1.807, 2.05) is 25.1 Å². The third-order valence-corrected chi connectivity index (χ3v) is 3.79. The zero-order valence-corrected chi connectivity index (χ0v) is 12.5. The Balaban J connectivity index is 2.47. The van der Waals surface area contributed by atoms with Crippen LogP contribution in [0.2, 0.25) is 5.02 Å². The molecule has 0 radical (unpaired) electrons. The smallest absolute Gasteiger partial charge is 0.142 e. The lowest BCUT2D eigenvalue weighted by molar-refractivity contribution is 0.603. The van der Waals surface area contributed by atoms with Gasteiger partial charge in [-0.05, 0) is 35.7 Å². The van der Waals surface area contributed by atoms with E-state index >= 15 is 0 Å². The van der Waals surface area contributed by atoms with Crippen molar-refractivity contribution in [1.82, 2.24) is 5.32 Å². The molecule has 1 nitrogen and oxygen atoms in total. The van der Waals surface area contributed by atoms with E-state index in [0.717, 1.165) is 24.1 Å². The number of benzene rings is 2. The van der Waals surface area contributed by atoms with Gasteiger partial charge in [-0.25, -0.2) is 4.39 Å². The fourth-order valence-electron chi connectivity index (χ4n) is 2.35. The zero-order chi connectivity index (χ0) is 14.5. The lowest BCUT2D eigenvalue weighted by Gasteiger charge is -2.21. The van der Waals surface area contributed by atoms with Crippen molar-refractivity contribution in [3.8, 4) is 0 Å². The van der Waals surface area contributed by atoms with E-state index in [4.69, 9.17) is 11.6 Å². The van der Waals surface area contributed by atoms with Crippen molar-refractivity contribution < 1.29 is 4.39 Å². The van der Waals surface area contributed by atoms with Gasteiger partial charge in [-0.2, -0.15) is 0 Å². The lowest BCUT2D eigenvalue weighted by atomic mass is 9.96. The summed E-state index contributed by atoms with van der Waals surface area (Å²) in [4.78, 5) is 0. The molecule has 0 fully saturated rings. The van der Waals surface area contributed by atoms with E-state index < -0.39 is 0 Å². The topological polar surface area (TPSA) is 12.0 Å². The number of hydrogen-bond acceptors (Lipinski definition) is 1. The van der Waals surface area contributed by atoms with Crippen LogP contribution in [0, 0.1) is 5.82 Å². The summed E-state index contributed by atoms with van der Waals surface area (Å²) in [7, 11) is 0. The molecule has 0 aliphatic rings. The number of hydrogen-bond donors (Lipinski definition) is 1. The second-order valence-electron chi connectivity index (χ2n) is 4.73. The van der Waals surface area contributed by atoms with Crippen molar-refractivity contribution in [2.45, 2.75) is 26.3 Å². The standard InChI is InChI=1S/C17H19ClFN/c1-3-12-7-5-8-13(11-12)17(20-4-2)14-9-6-10-15(19)16(14)18/h5-11,17,20H,3-4H2,1-2H3. The molecule has 0 aromatic heterocycles. The van der Waals surface area contributed by atoms with E-state index in [1.165, 1.54) is 11.6 Å². The minimum atomic E-state index is -0.376. The van der Waals surface area contributed by atoms with Crippen LogP contribution >= 0.6 is 11.6 Å². The van der Waals surface area contributed by atoms with E-state index in [2.05, 4.69) is 24.4 Å². The van der Waals surface area contributed by atoms with Gasteiger partial charge in [0.1, 0.15) is 5.82 Å². The number of aryl methyl sites for hydroxylation is 1. The Morgan fingerprint density at radius 3 is 2.60 bits per heavy atom. The predicted molar refractivity (Wildman–Crippen MR) is 82.7 cm³/mol. The number of nitrogens with one attached hydrogen (secondary N) is 1. The third-order valence-electron chi connectivity index (χ3n) is 3.39. The van der Waals surface area contributed by atoms with Gasteiger partial charge in [0.2, 0.25) is 0 Å². The summed E-state index contributed by atoms with van der Waals surface area (Å²) in [5, 5.41) is 3.58. The number of rotatable bonds is 5. The maximum Gasteiger partial charge on any atom is 0.142 e. The van der Waals surface area contributed by atoms with Crippen molar-refractivity contribution in [1.29, 1.82) is 0 Å². The van der Waals surface area contributed by atoms with Crippen LogP contribution in [0.4, 0.5) is 4.39 Å². The third kappa shape index (κ3) is 3.20. The molecule has 1 unspecified atom stereocenters. The van der Waals surface area contributed by atoms with Crippen LogP contribution in [0.25, 0.3) is 0 Å². The Morgan fingerprint density at radius 2 is 1.90 bits per heavy atom. The lowest BCUT2D eigenvalue weighted by Crippen LogP contribution is -2.22.